The summed E-state index contributed by atoms with van der Waals surface area (Å²) in [5.41, 5.74) is -0.170. The van der Waals surface area contributed by atoms with Gasteiger partial charge in [-0.1, -0.05) is 29.8 Å². The maximum atomic E-state index is 12.7. The molecular formula is C19H12ClF3N2O3S. The molecule has 150 valence electrons. The number of amides is 1. The standard InChI is InChI=1S/C19H12ClF3N2O3S/c20-13-6-4-11(5-7-13)17-25-15(10-29-17)18(27)28-9-16(26)24-14-3-1-2-12(8-14)19(21,22)23/h1-8,10H,9H2,(H,24,26). The number of rotatable bonds is 5. The summed E-state index contributed by atoms with van der Waals surface area (Å²) >= 11 is 7.05. The summed E-state index contributed by atoms with van der Waals surface area (Å²) in [5, 5.41) is 4.87. The average molecular weight is 441 g/mol. The molecule has 1 N–H and O–H groups in total. The predicted molar refractivity (Wildman–Crippen MR) is 103 cm³/mol. The summed E-state index contributed by atoms with van der Waals surface area (Å²) in [4.78, 5) is 28.1. The van der Waals surface area contributed by atoms with E-state index in [-0.39, 0.29) is 11.4 Å². The van der Waals surface area contributed by atoms with Crippen LogP contribution in [0.3, 0.4) is 0 Å². The molecule has 0 fully saturated rings. The normalized spacial score (nSPS) is 11.2. The summed E-state index contributed by atoms with van der Waals surface area (Å²) in [6.45, 7) is -0.664. The zero-order chi connectivity index (χ0) is 21.0. The molecule has 29 heavy (non-hydrogen) atoms. The molecule has 0 aliphatic carbocycles. The summed E-state index contributed by atoms with van der Waals surface area (Å²) in [5.74, 6) is -1.59. The smallest absolute Gasteiger partial charge is 0.416 e. The number of ether oxygens (including phenoxy) is 1. The SMILES string of the molecule is O=C(COC(=O)c1csc(-c2ccc(Cl)cc2)n1)Nc1cccc(C(F)(F)F)c1. The van der Waals surface area contributed by atoms with E-state index in [9.17, 15) is 22.8 Å². The molecule has 0 saturated heterocycles. The molecule has 0 aliphatic rings. The van der Waals surface area contributed by atoms with Crippen LogP contribution >= 0.6 is 22.9 Å². The van der Waals surface area contributed by atoms with Crippen LogP contribution in [0.1, 0.15) is 16.1 Å². The minimum absolute atomic E-state index is 0.0202. The topological polar surface area (TPSA) is 68.3 Å². The lowest BCUT2D eigenvalue weighted by atomic mass is 10.2. The van der Waals surface area contributed by atoms with E-state index in [1.807, 2.05) is 0 Å². The van der Waals surface area contributed by atoms with Gasteiger partial charge < -0.3 is 10.1 Å². The fourth-order valence-corrected chi connectivity index (χ4v) is 3.19. The Morgan fingerprint density at radius 3 is 2.55 bits per heavy atom. The first-order chi connectivity index (χ1) is 13.7. The molecule has 0 radical (unpaired) electrons. The number of carbonyl (C=O) groups excluding carboxylic acids is 2. The zero-order valence-corrected chi connectivity index (χ0v) is 16.1. The molecule has 0 atom stereocenters. The lowest BCUT2D eigenvalue weighted by Crippen LogP contribution is -2.21. The quantitative estimate of drug-likeness (QED) is 0.548. The molecule has 3 aromatic rings. The summed E-state index contributed by atoms with van der Waals surface area (Å²) < 4.78 is 43.0. The molecule has 1 heterocycles. The van der Waals surface area contributed by atoms with E-state index in [1.54, 1.807) is 24.3 Å². The maximum absolute atomic E-state index is 12.7. The predicted octanol–water partition coefficient (Wildman–Crippen LogP) is 5.28. The van der Waals surface area contributed by atoms with Crippen molar-refractivity contribution in [3.63, 3.8) is 0 Å². The van der Waals surface area contributed by atoms with Crippen molar-refractivity contribution in [1.82, 2.24) is 4.98 Å². The maximum Gasteiger partial charge on any atom is 0.416 e. The molecule has 0 spiro atoms. The number of halogens is 4. The Kier molecular flexibility index (Phi) is 6.19. The number of carbonyl (C=O) groups is 2. The molecule has 5 nitrogen and oxygen atoms in total. The van der Waals surface area contributed by atoms with Gasteiger partial charge in [0.05, 0.1) is 5.56 Å². The van der Waals surface area contributed by atoms with E-state index in [1.165, 1.54) is 22.8 Å². The first kappa shape index (κ1) is 20.8. The lowest BCUT2D eigenvalue weighted by Gasteiger charge is -2.10. The fraction of sp³-hybridized carbons (Fsp3) is 0.105. The van der Waals surface area contributed by atoms with Crippen LogP contribution in [0.5, 0.6) is 0 Å². The average Bonchev–Trinajstić information content (AvgIpc) is 3.16. The zero-order valence-electron chi connectivity index (χ0n) is 14.5. The van der Waals surface area contributed by atoms with Gasteiger partial charge in [-0.05, 0) is 30.3 Å². The van der Waals surface area contributed by atoms with E-state index < -0.39 is 30.2 Å². The second-order valence-corrected chi connectivity index (χ2v) is 7.04. The van der Waals surface area contributed by atoms with Crippen molar-refractivity contribution in [2.24, 2.45) is 0 Å². The van der Waals surface area contributed by atoms with Gasteiger partial charge in [-0.2, -0.15) is 13.2 Å². The van der Waals surface area contributed by atoms with Crippen molar-refractivity contribution >= 4 is 40.5 Å². The van der Waals surface area contributed by atoms with E-state index in [0.29, 0.717) is 10.0 Å². The highest BCUT2D eigenvalue weighted by atomic mass is 35.5. The molecule has 0 unspecified atom stereocenters. The Morgan fingerprint density at radius 2 is 1.86 bits per heavy atom. The van der Waals surface area contributed by atoms with Crippen LogP contribution in [0.25, 0.3) is 10.6 Å². The Hall–Kier alpha value is -2.91. The van der Waals surface area contributed by atoms with Gasteiger partial charge in [0.2, 0.25) is 0 Å². The molecule has 0 aliphatic heterocycles. The highest BCUT2D eigenvalue weighted by molar-refractivity contribution is 7.13. The van der Waals surface area contributed by atoms with Crippen molar-refractivity contribution < 1.29 is 27.5 Å². The number of esters is 1. The summed E-state index contributed by atoms with van der Waals surface area (Å²) in [6.07, 6.45) is -4.53. The van der Waals surface area contributed by atoms with Crippen LogP contribution < -0.4 is 5.32 Å². The third-order valence-corrected chi connectivity index (χ3v) is 4.76. The Labute approximate surface area is 172 Å². The second-order valence-electron chi connectivity index (χ2n) is 5.75. The van der Waals surface area contributed by atoms with Crippen molar-refractivity contribution in [2.45, 2.75) is 6.18 Å². The van der Waals surface area contributed by atoms with Gasteiger partial charge in [-0.15, -0.1) is 11.3 Å². The number of nitrogens with zero attached hydrogens (tertiary/aromatic N) is 1. The first-order valence-electron chi connectivity index (χ1n) is 8.08. The van der Waals surface area contributed by atoms with E-state index in [2.05, 4.69) is 10.3 Å². The Bertz CT molecular complexity index is 1040. The van der Waals surface area contributed by atoms with Crippen molar-refractivity contribution in [3.05, 3.63) is 70.2 Å². The third-order valence-electron chi connectivity index (χ3n) is 3.61. The van der Waals surface area contributed by atoms with E-state index >= 15 is 0 Å². The van der Waals surface area contributed by atoms with E-state index in [0.717, 1.165) is 23.8 Å². The first-order valence-corrected chi connectivity index (χ1v) is 9.34. The molecular weight excluding hydrogens is 429 g/mol. The highest BCUT2D eigenvalue weighted by Gasteiger charge is 2.30. The van der Waals surface area contributed by atoms with Gasteiger partial charge in [0.15, 0.2) is 12.3 Å². The van der Waals surface area contributed by atoms with Crippen LogP contribution in [-0.4, -0.2) is 23.5 Å². The van der Waals surface area contributed by atoms with Crippen molar-refractivity contribution in [3.8, 4) is 10.6 Å². The van der Waals surface area contributed by atoms with Gasteiger partial charge in [0.1, 0.15) is 5.01 Å². The number of nitrogens with one attached hydrogen (secondary N) is 1. The van der Waals surface area contributed by atoms with Crippen LogP contribution in [0.4, 0.5) is 18.9 Å². The Morgan fingerprint density at radius 1 is 1.14 bits per heavy atom. The van der Waals surface area contributed by atoms with Crippen LogP contribution in [0, 0.1) is 0 Å². The van der Waals surface area contributed by atoms with Gasteiger partial charge in [-0.3, -0.25) is 4.79 Å². The molecule has 1 amide bonds. The number of hydrogen-bond acceptors (Lipinski definition) is 5. The number of hydrogen-bond donors (Lipinski definition) is 1. The highest BCUT2D eigenvalue weighted by Crippen LogP contribution is 2.30. The largest absolute Gasteiger partial charge is 0.451 e. The Balaban J connectivity index is 1.57. The molecule has 0 saturated carbocycles. The molecule has 3 rings (SSSR count). The van der Waals surface area contributed by atoms with Crippen LogP contribution in [0.2, 0.25) is 5.02 Å². The number of benzene rings is 2. The lowest BCUT2D eigenvalue weighted by molar-refractivity contribution is -0.137. The van der Waals surface area contributed by atoms with Crippen LogP contribution in [0.15, 0.2) is 53.9 Å². The monoisotopic (exact) mass is 440 g/mol. The van der Waals surface area contributed by atoms with Crippen molar-refractivity contribution in [1.29, 1.82) is 0 Å². The van der Waals surface area contributed by atoms with Crippen molar-refractivity contribution in [2.75, 3.05) is 11.9 Å². The third kappa shape index (κ3) is 5.55. The molecule has 10 heteroatoms. The van der Waals surface area contributed by atoms with Gasteiger partial charge in [-0.25, -0.2) is 9.78 Å². The molecule has 2 aromatic carbocycles. The summed E-state index contributed by atoms with van der Waals surface area (Å²) in [7, 11) is 0. The minimum Gasteiger partial charge on any atom is -0.451 e. The van der Waals surface area contributed by atoms with Gasteiger partial charge in [0.25, 0.3) is 5.91 Å². The van der Waals surface area contributed by atoms with Gasteiger partial charge >= 0.3 is 12.1 Å². The van der Waals surface area contributed by atoms with Crippen LogP contribution in [-0.2, 0) is 15.7 Å². The number of aromatic nitrogens is 1. The number of anilines is 1. The molecule has 0 bridgehead atoms. The number of thiazole rings is 1. The molecule has 1 aromatic heterocycles. The number of alkyl halides is 3. The van der Waals surface area contributed by atoms with E-state index in [4.69, 9.17) is 16.3 Å². The second kappa shape index (κ2) is 8.62. The fourth-order valence-electron chi connectivity index (χ4n) is 2.27. The minimum atomic E-state index is -4.53. The summed E-state index contributed by atoms with van der Waals surface area (Å²) in [6, 6.07) is 11.0. The van der Waals surface area contributed by atoms with Gasteiger partial charge in [0, 0.05) is 21.7 Å².